The van der Waals surface area contributed by atoms with Gasteiger partial charge in [0.1, 0.15) is 6.61 Å². The van der Waals surface area contributed by atoms with E-state index in [9.17, 15) is 0 Å². The predicted molar refractivity (Wildman–Crippen MR) is 48.1 cm³/mol. The maximum absolute atomic E-state index is 4.90. The van der Waals surface area contributed by atoms with Crippen molar-refractivity contribution in [3.05, 3.63) is 35.9 Å². The molecule has 0 unspecified atom stereocenters. The number of oxime groups is 1. The van der Waals surface area contributed by atoms with Gasteiger partial charge in [0.05, 0.1) is 6.21 Å². The van der Waals surface area contributed by atoms with E-state index in [0.717, 1.165) is 13.0 Å². The van der Waals surface area contributed by atoms with Crippen LogP contribution in [0.2, 0.25) is 0 Å². The lowest BCUT2D eigenvalue weighted by molar-refractivity contribution is 0.154. The second-order valence-corrected chi connectivity index (χ2v) is 3.00. The van der Waals surface area contributed by atoms with Gasteiger partial charge in [0.25, 0.3) is 0 Å². The summed E-state index contributed by atoms with van der Waals surface area (Å²) in [6.45, 7) is 0.731. The lowest BCUT2D eigenvalue weighted by Crippen LogP contribution is -2.06. The van der Waals surface area contributed by atoms with E-state index in [1.54, 1.807) is 0 Å². The van der Waals surface area contributed by atoms with E-state index in [4.69, 9.17) is 4.84 Å². The SMILES string of the molecule is C1=NOC[C@H]1Cc1ccccc1. The zero-order valence-corrected chi connectivity index (χ0v) is 6.81. The van der Waals surface area contributed by atoms with Crippen LogP contribution in [0.4, 0.5) is 0 Å². The van der Waals surface area contributed by atoms with E-state index in [0.29, 0.717) is 5.92 Å². The van der Waals surface area contributed by atoms with Crippen LogP contribution >= 0.6 is 0 Å². The molecule has 0 saturated carbocycles. The average molecular weight is 161 g/mol. The molecule has 1 heterocycles. The van der Waals surface area contributed by atoms with E-state index in [1.165, 1.54) is 5.56 Å². The fraction of sp³-hybridized carbons (Fsp3) is 0.300. The van der Waals surface area contributed by atoms with Gasteiger partial charge in [-0.05, 0) is 12.0 Å². The fourth-order valence-corrected chi connectivity index (χ4v) is 1.34. The summed E-state index contributed by atoms with van der Waals surface area (Å²) in [4.78, 5) is 4.90. The monoisotopic (exact) mass is 161 g/mol. The van der Waals surface area contributed by atoms with Crippen molar-refractivity contribution in [3.63, 3.8) is 0 Å². The number of hydrogen-bond acceptors (Lipinski definition) is 2. The number of rotatable bonds is 2. The van der Waals surface area contributed by atoms with Crippen molar-refractivity contribution >= 4 is 6.21 Å². The maximum Gasteiger partial charge on any atom is 0.125 e. The molecule has 0 amide bonds. The topological polar surface area (TPSA) is 21.6 Å². The quantitative estimate of drug-likeness (QED) is 0.648. The molecule has 2 nitrogen and oxygen atoms in total. The molecule has 1 aliphatic rings. The third-order valence-electron chi connectivity index (χ3n) is 1.98. The minimum absolute atomic E-state index is 0.465. The molecule has 1 atom stereocenters. The first-order chi connectivity index (χ1) is 5.95. The Kier molecular flexibility index (Phi) is 2.08. The van der Waals surface area contributed by atoms with Gasteiger partial charge in [-0.15, -0.1) is 0 Å². The van der Waals surface area contributed by atoms with Gasteiger partial charge in [0.15, 0.2) is 0 Å². The largest absolute Gasteiger partial charge is 0.395 e. The van der Waals surface area contributed by atoms with Crippen LogP contribution in [-0.4, -0.2) is 12.8 Å². The molecule has 0 aliphatic carbocycles. The maximum atomic E-state index is 4.90. The van der Waals surface area contributed by atoms with Gasteiger partial charge in [0, 0.05) is 5.92 Å². The Morgan fingerprint density at radius 3 is 2.83 bits per heavy atom. The Balaban J connectivity index is 1.99. The van der Waals surface area contributed by atoms with Gasteiger partial charge in [-0.3, -0.25) is 0 Å². The van der Waals surface area contributed by atoms with Crippen LogP contribution in [0.25, 0.3) is 0 Å². The Labute approximate surface area is 71.8 Å². The van der Waals surface area contributed by atoms with E-state index < -0.39 is 0 Å². The first kappa shape index (κ1) is 7.35. The third-order valence-corrected chi connectivity index (χ3v) is 1.98. The van der Waals surface area contributed by atoms with E-state index in [2.05, 4.69) is 29.4 Å². The Bertz CT molecular complexity index is 268. The molecule has 0 saturated heterocycles. The summed E-state index contributed by atoms with van der Waals surface area (Å²) in [7, 11) is 0. The van der Waals surface area contributed by atoms with Crippen molar-refractivity contribution in [1.29, 1.82) is 0 Å². The zero-order valence-electron chi connectivity index (χ0n) is 6.81. The second-order valence-electron chi connectivity index (χ2n) is 3.00. The highest BCUT2D eigenvalue weighted by atomic mass is 16.6. The molecule has 0 aromatic heterocycles. The second kappa shape index (κ2) is 3.39. The molecule has 2 rings (SSSR count). The van der Waals surface area contributed by atoms with E-state index in [-0.39, 0.29) is 0 Å². The number of hydrogen-bond donors (Lipinski definition) is 0. The van der Waals surface area contributed by atoms with Gasteiger partial charge >= 0.3 is 0 Å². The Hall–Kier alpha value is -1.31. The van der Waals surface area contributed by atoms with Crippen LogP contribution in [0.1, 0.15) is 5.56 Å². The summed E-state index contributed by atoms with van der Waals surface area (Å²) in [6.07, 6.45) is 2.91. The van der Waals surface area contributed by atoms with Crippen LogP contribution in [0.15, 0.2) is 35.5 Å². The highest BCUT2D eigenvalue weighted by Crippen LogP contribution is 2.10. The molecule has 0 spiro atoms. The third kappa shape index (κ3) is 1.64. The molecule has 1 aromatic carbocycles. The van der Waals surface area contributed by atoms with E-state index in [1.807, 2.05) is 12.3 Å². The number of nitrogens with zero attached hydrogens (tertiary/aromatic N) is 1. The fourth-order valence-electron chi connectivity index (χ4n) is 1.34. The molecular formula is C10H11NO. The highest BCUT2D eigenvalue weighted by Gasteiger charge is 2.11. The Morgan fingerprint density at radius 2 is 2.17 bits per heavy atom. The van der Waals surface area contributed by atoms with E-state index >= 15 is 0 Å². The van der Waals surface area contributed by atoms with Gasteiger partial charge in [-0.25, -0.2) is 0 Å². The van der Waals surface area contributed by atoms with Crippen LogP contribution in [0.3, 0.4) is 0 Å². The standard InChI is InChI=1S/C10H11NO/c1-2-4-9(5-3-1)6-10-7-11-12-8-10/h1-5,7,10H,6,8H2/t10-/m0/s1. The van der Waals surface area contributed by atoms with Crippen LogP contribution in [-0.2, 0) is 11.3 Å². The van der Waals surface area contributed by atoms with Crippen molar-refractivity contribution in [2.24, 2.45) is 11.1 Å². The van der Waals surface area contributed by atoms with Gasteiger partial charge in [0.2, 0.25) is 0 Å². The summed E-state index contributed by atoms with van der Waals surface area (Å²) in [5.41, 5.74) is 1.35. The number of benzene rings is 1. The molecule has 1 aromatic rings. The summed E-state index contributed by atoms with van der Waals surface area (Å²) in [5, 5.41) is 3.74. The lowest BCUT2D eigenvalue weighted by atomic mass is 10.0. The molecule has 0 bridgehead atoms. The zero-order chi connectivity index (χ0) is 8.23. The van der Waals surface area contributed by atoms with Gasteiger partial charge in [-0.1, -0.05) is 35.5 Å². The normalized spacial score (nSPS) is 20.8. The molecule has 62 valence electrons. The first-order valence-corrected chi connectivity index (χ1v) is 4.14. The van der Waals surface area contributed by atoms with Gasteiger partial charge < -0.3 is 4.84 Å². The van der Waals surface area contributed by atoms with Crippen LogP contribution in [0.5, 0.6) is 0 Å². The molecule has 0 N–H and O–H groups in total. The molecule has 12 heavy (non-hydrogen) atoms. The van der Waals surface area contributed by atoms with Crippen molar-refractivity contribution in [1.82, 2.24) is 0 Å². The van der Waals surface area contributed by atoms with Gasteiger partial charge in [-0.2, -0.15) is 0 Å². The van der Waals surface area contributed by atoms with Crippen molar-refractivity contribution in [2.75, 3.05) is 6.61 Å². The average Bonchev–Trinajstić information content (AvgIpc) is 2.59. The van der Waals surface area contributed by atoms with Crippen LogP contribution < -0.4 is 0 Å². The predicted octanol–water partition coefficient (Wildman–Crippen LogP) is 1.86. The molecule has 2 heteroatoms. The summed E-state index contributed by atoms with van der Waals surface area (Å²) in [6, 6.07) is 10.4. The van der Waals surface area contributed by atoms with Crippen molar-refractivity contribution in [3.8, 4) is 0 Å². The summed E-state index contributed by atoms with van der Waals surface area (Å²) < 4.78 is 0. The smallest absolute Gasteiger partial charge is 0.125 e. The molecule has 0 radical (unpaired) electrons. The minimum atomic E-state index is 0.465. The summed E-state index contributed by atoms with van der Waals surface area (Å²) >= 11 is 0. The first-order valence-electron chi connectivity index (χ1n) is 4.14. The summed E-state index contributed by atoms with van der Waals surface area (Å²) in [5.74, 6) is 0.465. The van der Waals surface area contributed by atoms with Crippen molar-refractivity contribution in [2.45, 2.75) is 6.42 Å². The highest BCUT2D eigenvalue weighted by molar-refractivity contribution is 5.62. The van der Waals surface area contributed by atoms with Crippen LogP contribution in [0, 0.1) is 5.92 Å². The Morgan fingerprint density at radius 1 is 1.33 bits per heavy atom. The molecule has 1 aliphatic heterocycles. The lowest BCUT2D eigenvalue weighted by Gasteiger charge is -2.03. The van der Waals surface area contributed by atoms with Crippen molar-refractivity contribution < 1.29 is 4.84 Å². The minimum Gasteiger partial charge on any atom is -0.395 e. The molecular weight excluding hydrogens is 150 g/mol. The molecule has 0 fully saturated rings.